The molecular formula is C35H40ClF2N7O3. The Bertz CT molecular complexity index is 1760. The molecule has 1 aliphatic carbocycles. The quantitative estimate of drug-likeness (QED) is 0.148. The number of aromatic nitrogens is 3. The van der Waals surface area contributed by atoms with Gasteiger partial charge in [0.25, 0.3) is 5.91 Å². The molecule has 0 bridgehead atoms. The molecule has 1 aliphatic rings. The molecule has 254 valence electrons. The van der Waals surface area contributed by atoms with Crippen LogP contribution < -0.4 is 11.1 Å². The van der Waals surface area contributed by atoms with Crippen LogP contribution in [0.25, 0.3) is 16.9 Å². The largest absolute Gasteiger partial charge is 0.447 e. The minimum absolute atomic E-state index is 0.272. The molecule has 0 spiro atoms. The number of rotatable bonds is 8. The number of aliphatic imine (C=N–C) groups is 1. The Labute approximate surface area is 284 Å². The molecule has 5 rings (SSSR count). The molecule has 13 heteroatoms. The fourth-order valence-corrected chi connectivity index (χ4v) is 4.64. The Morgan fingerprint density at radius 3 is 2.38 bits per heavy atom. The molecule has 2 amide bonds. The van der Waals surface area contributed by atoms with Gasteiger partial charge in [0.15, 0.2) is 5.96 Å². The van der Waals surface area contributed by atoms with Crippen LogP contribution in [0.15, 0.2) is 78.2 Å². The van der Waals surface area contributed by atoms with Gasteiger partial charge in [-0.05, 0) is 67.1 Å². The molecule has 0 saturated heterocycles. The number of carbonyl (C=O) groups excluding carboxylic acids is 2. The molecule has 48 heavy (non-hydrogen) atoms. The minimum Gasteiger partial charge on any atom is -0.447 e. The number of carbonyl (C=O) groups is 2. The van der Waals surface area contributed by atoms with Crippen molar-refractivity contribution in [2.75, 3.05) is 13.7 Å². The summed E-state index contributed by atoms with van der Waals surface area (Å²) in [6.45, 7) is 10.3. The van der Waals surface area contributed by atoms with Crippen LogP contribution in [0.5, 0.6) is 0 Å². The predicted molar refractivity (Wildman–Crippen MR) is 182 cm³/mol. The molecule has 2 aromatic carbocycles. The second-order valence-corrected chi connectivity index (χ2v) is 13.7. The predicted octanol–water partition coefficient (Wildman–Crippen LogP) is 7.33. The highest BCUT2D eigenvalue weighted by molar-refractivity contribution is 6.32. The van der Waals surface area contributed by atoms with Crippen LogP contribution in [-0.4, -0.2) is 56.8 Å². The van der Waals surface area contributed by atoms with Gasteiger partial charge in [0.1, 0.15) is 18.2 Å². The van der Waals surface area contributed by atoms with Gasteiger partial charge >= 0.3 is 6.09 Å². The van der Waals surface area contributed by atoms with Crippen molar-refractivity contribution in [3.05, 3.63) is 101 Å². The summed E-state index contributed by atoms with van der Waals surface area (Å²) < 4.78 is 35.3. The summed E-state index contributed by atoms with van der Waals surface area (Å²) in [7, 11) is 1.36. The molecule has 0 radical (unpaired) electrons. The van der Waals surface area contributed by atoms with Gasteiger partial charge in [0, 0.05) is 42.2 Å². The number of halogens is 3. The van der Waals surface area contributed by atoms with Gasteiger partial charge in [-0.15, -0.1) is 0 Å². The van der Waals surface area contributed by atoms with Crippen LogP contribution in [0.3, 0.4) is 0 Å². The van der Waals surface area contributed by atoms with Crippen molar-refractivity contribution >= 4 is 29.6 Å². The number of guanidine groups is 1. The second kappa shape index (κ2) is 14.9. The maximum absolute atomic E-state index is 14.1. The van der Waals surface area contributed by atoms with E-state index in [0.717, 1.165) is 35.4 Å². The first-order valence-electron chi connectivity index (χ1n) is 15.3. The summed E-state index contributed by atoms with van der Waals surface area (Å²) in [6, 6.07) is 11.7. The number of hydrogen-bond acceptors (Lipinski definition) is 6. The molecule has 10 nitrogen and oxygen atoms in total. The number of alkyl carbamates (subject to hydrolysis) is 1. The van der Waals surface area contributed by atoms with Crippen molar-refractivity contribution in [1.82, 2.24) is 25.0 Å². The molecular weight excluding hydrogens is 640 g/mol. The van der Waals surface area contributed by atoms with E-state index in [4.69, 9.17) is 22.1 Å². The first-order chi connectivity index (χ1) is 22.6. The average molecular weight is 680 g/mol. The third-order valence-electron chi connectivity index (χ3n) is 7.04. The van der Waals surface area contributed by atoms with Crippen LogP contribution >= 0.6 is 11.6 Å². The normalized spacial score (nSPS) is 14.3. The molecule has 1 fully saturated rings. The van der Waals surface area contributed by atoms with Crippen LogP contribution in [0.1, 0.15) is 69.4 Å². The van der Waals surface area contributed by atoms with Gasteiger partial charge < -0.3 is 15.8 Å². The molecule has 4 aromatic rings. The van der Waals surface area contributed by atoms with Crippen LogP contribution in [0, 0.1) is 17.0 Å². The Balaban J connectivity index is 0.000000968. The lowest BCUT2D eigenvalue weighted by molar-refractivity contribution is 0.0696. The average Bonchev–Trinajstić information content (AvgIpc) is 3.53. The lowest BCUT2D eigenvalue weighted by Gasteiger charge is -2.31. The first-order valence-corrected chi connectivity index (χ1v) is 15.7. The summed E-state index contributed by atoms with van der Waals surface area (Å²) >= 11 is 6.58. The van der Waals surface area contributed by atoms with E-state index in [1.807, 2.05) is 19.1 Å². The molecule has 2 heterocycles. The van der Waals surface area contributed by atoms with E-state index < -0.39 is 29.7 Å². The lowest BCUT2D eigenvalue weighted by Crippen LogP contribution is -2.47. The van der Waals surface area contributed by atoms with Gasteiger partial charge in [-0.25, -0.2) is 18.3 Å². The Kier molecular flexibility index (Phi) is 11.2. The maximum Gasteiger partial charge on any atom is 0.407 e. The molecule has 2 aromatic heterocycles. The molecule has 0 unspecified atom stereocenters. The zero-order valence-corrected chi connectivity index (χ0v) is 28.6. The van der Waals surface area contributed by atoms with Crippen molar-refractivity contribution in [3.63, 3.8) is 0 Å². The first kappa shape index (κ1) is 36.0. The fraction of sp³-hybridized carbons (Fsp3) is 0.343. The highest BCUT2D eigenvalue weighted by atomic mass is 35.5. The maximum atomic E-state index is 14.1. The molecule has 0 aliphatic heterocycles. The van der Waals surface area contributed by atoms with Gasteiger partial charge in [0.05, 0.1) is 28.6 Å². The number of nitrogens with zero attached hydrogens (tertiary/aromatic N) is 5. The zero-order valence-electron chi connectivity index (χ0n) is 27.8. The van der Waals surface area contributed by atoms with Crippen LogP contribution in [0.4, 0.5) is 13.6 Å². The summed E-state index contributed by atoms with van der Waals surface area (Å²) in [5.74, 6) is -3.03. The van der Waals surface area contributed by atoms with Crippen molar-refractivity contribution in [2.45, 2.75) is 59.0 Å². The molecule has 1 saturated carbocycles. The van der Waals surface area contributed by atoms with Gasteiger partial charge in [-0.1, -0.05) is 51.4 Å². The minimum atomic E-state index is -1.08. The summed E-state index contributed by atoms with van der Waals surface area (Å²) in [4.78, 5) is 35.8. The van der Waals surface area contributed by atoms with Crippen molar-refractivity contribution in [1.29, 1.82) is 0 Å². The van der Waals surface area contributed by atoms with Crippen molar-refractivity contribution < 1.29 is 23.1 Å². The Morgan fingerprint density at radius 1 is 1.12 bits per heavy atom. The number of amides is 2. The Hall–Kier alpha value is -4.84. The van der Waals surface area contributed by atoms with E-state index in [0.29, 0.717) is 33.4 Å². The number of benzene rings is 2. The fourth-order valence-electron chi connectivity index (χ4n) is 4.43. The SMILES string of the molecule is CC(C)(C)C.CN=C(N)N(C(=O)c1cc(F)cc(F)c1)[C@H](COC(=O)NC1(C)CC1)c1ccc(Cl)c(-n2cc(-c3ccccn3)cn2)c1. The molecule has 1 atom stereocenters. The number of pyridine rings is 1. The monoisotopic (exact) mass is 679 g/mol. The third kappa shape index (κ3) is 9.83. The standard InChI is InChI=1S/C30H28ClF2N7O3.C5H12/c1-30(8-9-30)38-29(42)43-17-26(40(28(34)35-2)27(41)19-11-21(32)14-22(33)12-19)18-6-7-23(31)25(13-18)39-16-20(15-37-39)24-5-3-4-10-36-24;1-5(2,3)4/h3-7,10-16,26H,8-9,17H2,1-2H3,(H2,34,35)(H,38,42);1-4H3/t26-;/m1./s1. The van der Waals surface area contributed by atoms with Gasteiger partial charge in [0.2, 0.25) is 0 Å². The van der Waals surface area contributed by atoms with E-state index in [9.17, 15) is 18.4 Å². The van der Waals surface area contributed by atoms with Crippen LogP contribution in [-0.2, 0) is 4.74 Å². The lowest BCUT2D eigenvalue weighted by atomic mass is 10.0. The Morgan fingerprint density at radius 2 is 1.79 bits per heavy atom. The summed E-state index contributed by atoms with van der Waals surface area (Å²) in [5, 5.41) is 7.56. The highest BCUT2D eigenvalue weighted by Gasteiger charge is 2.40. The van der Waals surface area contributed by atoms with E-state index in [1.54, 1.807) is 47.5 Å². The number of nitrogens with two attached hydrogens (primary N) is 1. The summed E-state index contributed by atoms with van der Waals surface area (Å²) in [5.41, 5.74) is 8.33. The van der Waals surface area contributed by atoms with E-state index >= 15 is 0 Å². The zero-order chi connectivity index (χ0) is 35.2. The van der Waals surface area contributed by atoms with E-state index in [-0.39, 0.29) is 23.7 Å². The second-order valence-electron chi connectivity index (χ2n) is 13.3. The number of hydrogen-bond donors (Lipinski definition) is 2. The van der Waals surface area contributed by atoms with E-state index in [1.165, 1.54) is 7.05 Å². The van der Waals surface area contributed by atoms with Crippen molar-refractivity contribution in [2.24, 2.45) is 16.1 Å². The smallest absolute Gasteiger partial charge is 0.407 e. The topological polar surface area (TPSA) is 128 Å². The molecule has 3 N–H and O–H groups in total. The van der Waals surface area contributed by atoms with Crippen LogP contribution in [0.2, 0.25) is 5.02 Å². The van der Waals surface area contributed by atoms with Crippen molar-refractivity contribution in [3.8, 4) is 16.9 Å². The summed E-state index contributed by atoms with van der Waals surface area (Å²) in [6.07, 6.45) is 5.96. The van der Waals surface area contributed by atoms with Gasteiger partial charge in [-0.3, -0.25) is 19.7 Å². The number of nitrogens with one attached hydrogen (secondary N) is 1. The highest BCUT2D eigenvalue weighted by Crippen LogP contribution is 2.35. The third-order valence-corrected chi connectivity index (χ3v) is 7.36. The number of ether oxygens (including phenoxy) is 1. The van der Waals surface area contributed by atoms with Gasteiger partial charge in [-0.2, -0.15) is 5.10 Å². The van der Waals surface area contributed by atoms with E-state index in [2.05, 4.69) is 48.1 Å².